The quantitative estimate of drug-likeness (QED) is 0.671. The van der Waals surface area contributed by atoms with Crippen LogP contribution in [0.1, 0.15) is 20.8 Å². The maximum atomic E-state index is 12.1. The summed E-state index contributed by atoms with van der Waals surface area (Å²) in [6.45, 7) is 8.05. The molecular weight excluding hydrogens is 308 g/mol. The molecule has 2 saturated heterocycles. The number of nitrogens with one attached hydrogen (secondary N) is 1. The molecule has 22 heavy (non-hydrogen) atoms. The summed E-state index contributed by atoms with van der Waals surface area (Å²) in [7, 11) is -3.13. The summed E-state index contributed by atoms with van der Waals surface area (Å²) >= 11 is 0. The van der Waals surface area contributed by atoms with Crippen LogP contribution >= 0.6 is 0 Å². The number of imide groups is 1. The van der Waals surface area contributed by atoms with E-state index in [1.807, 2.05) is 0 Å². The fourth-order valence-electron chi connectivity index (χ4n) is 2.68. The van der Waals surface area contributed by atoms with E-state index < -0.39 is 15.6 Å². The van der Waals surface area contributed by atoms with E-state index in [1.54, 1.807) is 20.8 Å². The fraction of sp³-hybridized carbons (Fsp3) is 0.846. The lowest BCUT2D eigenvalue weighted by Gasteiger charge is -2.34. The number of carbonyl (C=O) groups excluding carboxylic acids is 2. The van der Waals surface area contributed by atoms with Gasteiger partial charge in [0.25, 0.3) is 5.91 Å². The Bertz CT molecular complexity index is 552. The van der Waals surface area contributed by atoms with Crippen LogP contribution < -0.4 is 5.32 Å². The van der Waals surface area contributed by atoms with Crippen molar-refractivity contribution in [3.63, 3.8) is 0 Å². The van der Waals surface area contributed by atoms with Gasteiger partial charge in [0.1, 0.15) is 5.54 Å². The van der Waals surface area contributed by atoms with Gasteiger partial charge in [0.2, 0.25) is 10.0 Å². The normalized spacial score (nSPS) is 23.9. The Balaban J connectivity index is 1.83. The predicted octanol–water partition coefficient (Wildman–Crippen LogP) is -0.716. The Kier molecular flexibility index (Phi) is 4.78. The van der Waals surface area contributed by atoms with Crippen LogP contribution in [0.5, 0.6) is 0 Å². The monoisotopic (exact) mass is 332 g/mol. The first kappa shape index (κ1) is 17.2. The molecule has 2 heterocycles. The van der Waals surface area contributed by atoms with Crippen LogP contribution in [0.3, 0.4) is 0 Å². The molecule has 2 aliphatic heterocycles. The highest BCUT2D eigenvalue weighted by atomic mass is 32.2. The third kappa shape index (κ3) is 3.41. The first-order chi connectivity index (χ1) is 10.2. The number of piperazine rings is 1. The van der Waals surface area contributed by atoms with E-state index in [4.69, 9.17) is 0 Å². The maximum Gasteiger partial charge on any atom is 0.325 e. The number of nitrogens with zero attached hydrogens (tertiary/aromatic N) is 3. The third-order valence-corrected chi connectivity index (χ3v) is 6.06. The van der Waals surface area contributed by atoms with Gasteiger partial charge in [-0.3, -0.25) is 14.6 Å². The highest BCUT2D eigenvalue weighted by Gasteiger charge is 2.44. The summed E-state index contributed by atoms with van der Waals surface area (Å²) in [6, 6.07) is -0.359. The van der Waals surface area contributed by atoms with Crippen molar-refractivity contribution < 1.29 is 18.0 Å². The van der Waals surface area contributed by atoms with Crippen molar-refractivity contribution in [2.45, 2.75) is 26.3 Å². The lowest BCUT2D eigenvalue weighted by molar-refractivity contribution is -0.130. The Morgan fingerprint density at radius 1 is 1.09 bits per heavy atom. The van der Waals surface area contributed by atoms with Crippen molar-refractivity contribution in [2.75, 3.05) is 45.0 Å². The van der Waals surface area contributed by atoms with E-state index in [0.717, 1.165) is 0 Å². The van der Waals surface area contributed by atoms with Gasteiger partial charge in [-0.15, -0.1) is 0 Å². The highest BCUT2D eigenvalue weighted by molar-refractivity contribution is 7.89. The standard InChI is InChI=1S/C13H24N4O4S/c1-4-22(20,21)16-8-5-15(6-9-16)7-10-17-11(18)13(2,3)14-12(17)19/h4-10H2,1-3H3,(H,14,19). The molecule has 0 aromatic carbocycles. The van der Waals surface area contributed by atoms with Crippen LogP contribution in [-0.4, -0.2) is 85.0 Å². The van der Waals surface area contributed by atoms with Crippen molar-refractivity contribution in [1.82, 2.24) is 19.4 Å². The third-order valence-electron chi connectivity index (χ3n) is 4.17. The van der Waals surface area contributed by atoms with Gasteiger partial charge in [0.05, 0.1) is 5.75 Å². The SMILES string of the molecule is CCS(=O)(=O)N1CCN(CCN2C(=O)NC(C)(C)C2=O)CC1. The minimum atomic E-state index is -3.13. The van der Waals surface area contributed by atoms with Gasteiger partial charge in [-0.05, 0) is 20.8 Å². The molecule has 0 atom stereocenters. The van der Waals surface area contributed by atoms with Crippen LogP contribution in [0.15, 0.2) is 0 Å². The molecule has 8 nitrogen and oxygen atoms in total. The summed E-state index contributed by atoms with van der Waals surface area (Å²) in [5.74, 6) is -0.102. The van der Waals surface area contributed by atoms with Crippen molar-refractivity contribution in [1.29, 1.82) is 0 Å². The number of hydrogen-bond acceptors (Lipinski definition) is 5. The number of carbonyl (C=O) groups is 2. The van der Waals surface area contributed by atoms with E-state index >= 15 is 0 Å². The molecule has 0 aliphatic carbocycles. The molecule has 9 heteroatoms. The van der Waals surface area contributed by atoms with Crippen molar-refractivity contribution >= 4 is 22.0 Å². The molecular formula is C13H24N4O4S. The Morgan fingerprint density at radius 3 is 2.14 bits per heavy atom. The molecule has 0 aromatic rings. The Labute approximate surface area is 131 Å². The molecule has 1 N–H and O–H groups in total. The first-order valence-corrected chi connectivity index (χ1v) is 9.12. The number of rotatable bonds is 5. The molecule has 2 fully saturated rings. The molecule has 0 unspecified atom stereocenters. The van der Waals surface area contributed by atoms with E-state index in [1.165, 1.54) is 9.21 Å². The average Bonchev–Trinajstić information content (AvgIpc) is 2.66. The first-order valence-electron chi connectivity index (χ1n) is 7.51. The van der Waals surface area contributed by atoms with Gasteiger partial charge in [-0.1, -0.05) is 0 Å². The van der Waals surface area contributed by atoms with Crippen LogP contribution in [0.4, 0.5) is 4.79 Å². The molecule has 0 bridgehead atoms. The summed E-state index contributed by atoms with van der Waals surface area (Å²) in [5, 5.41) is 2.65. The maximum absolute atomic E-state index is 12.1. The molecule has 3 amide bonds. The van der Waals surface area contributed by atoms with Gasteiger partial charge >= 0.3 is 6.03 Å². The summed E-state index contributed by atoms with van der Waals surface area (Å²) in [4.78, 5) is 27.2. The number of amides is 3. The van der Waals surface area contributed by atoms with E-state index in [2.05, 4.69) is 10.2 Å². The number of sulfonamides is 1. The average molecular weight is 332 g/mol. The second kappa shape index (κ2) is 6.13. The van der Waals surface area contributed by atoms with Gasteiger partial charge in [0, 0.05) is 39.3 Å². The zero-order valence-corrected chi connectivity index (χ0v) is 14.1. The van der Waals surface area contributed by atoms with Crippen LogP contribution in [0, 0.1) is 0 Å². The van der Waals surface area contributed by atoms with Gasteiger partial charge in [-0.2, -0.15) is 4.31 Å². The molecule has 0 aromatic heterocycles. The zero-order valence-electron chi connectivity index (χ0n) is 13.3. The lowest BCUT2D eigenvalue weighted by Crippen LogP contribution is -2.51. The van der Waals surface area contributed by atoms with Gasteiger partial charge in [0.15, 0.2) is 0 Å². The van der Waals surface area contributed by atoms with Crippen molar-refractivity contribution in [3.8, 4) is 0 Å². The fourth-order valence-corrected chi connectivity index (χ4v) is 3.76. The van der Waals surface area contributed by atoms with Crippen LogP contribution in [0.2, 0.25) is 0 Å². The molecule has 2 aliphatic rings. The molecule has 2 rings (SSSR count). The predicted molar refractivity (Wildman–Crippen MR) is 81.8 cm³/mol. The lowest BCUT2D eigenvalue weighted by atomic mass is 10.1. The van der Waals surface area contributed by atoms with Crippen LogP contribution in [-0.2, 0) is 14.8 Å². The topological polar surface area (TPSA) is 90.0 Å². The minimum absolute atomic E-state index is 0.116. The van der Waals surface area contributed by atoms with Crippen molar-refractivity contribution in [2.24, 2.45) is 0 Å². The minimum Gasteiger partial charge on any atom is -0.324 e. The number of hydrogen-bond donors (Lipinski definition) is 1. The molecule has 0 spiro atoms. The van der Waals surface area contributed by atoms with Crippen molar-refractivity contribution in [3.05, 3.63) is 0 Å². The number of urea groups is 1. The molecule has 0 radical (unpaired) electrons. The van der Waals surface area contributed by atoms with Crippen LogP contribution in [0.25, 0.3) is 0 Å². The summed E-state index contributed by atoms with van der Waals surface area (Å²) in [5.41, 5.74) is -0.842. The second-order valence-electron chi connectivity index (χ2n) is 6.15. The second-order valence-corrected chi connectivity index (χ2v) is 8.41. The van der Waals surface area contributed by atoms with E-state index in [0.29, 0.717) is 39.3 Å². The van der Waals surface area contributed by atoms with E-state index in [9.17, 15) is 18.0 Å². The molecule has 0 saturated carbocycles. The summed E-state index contributed by atoms with van der Waals surface area (Å²) in [6.07, 6.45) is 0. The Morgan fingerprint density at radius 2 is 1.68 bits per heavy atom. The molecule has 126 valence electrons. The Hall–Kier alpha value is -1.19. The van der Waals surface area contributed by atoms with Gasteiger partial charge < -0.3 is 5.32 Å². The van der Waals surface area contributed by atoms with Gasteiger partial charge in [-0.25, -0.2) is 13.2 Å². The summed E-state index contributed by atoms with van der Waals surface area (Å²) < 4.78 is 25.1. The zero-order chi connectivity index (χ0) is 16.5. The van der Waals surface area contributed by atoms with E-state index in [-0.39, 0.29) is 17.7 Å². The smallest absolute Gasteiger partial charge is 0.324 e. The highest BCUT2D eigenvalue weighted by Crippen LogP contribution is 2.16. The largest absolute Gasteiger partial charge is 0.325 e.